The van der Waals surface area contributed by atoms with Gasteiger partial charge in [-0.1, -0.05) is 6.07 Å². The van der Waals surface area contributed by atoms with E-state index in [1.807, 2.05) is 16.9 Å². The Morgan fingerprint density at radius 2 is 2.26 bits per heavy atom. The molecule has 0 aromatic carbocycles. The predicted octanol–water partition coefficient (Wildman–Crippen LogP) is 2.03. The third-order valence-corrected chi connectivity index (χ3v) is 3.73. The molecular formula is C14H19N5. The molecule has 1 saturated heterocycles. The van der Waals surface area contributed by atoms with Gasteiger partial charge in [-0.15, -0.1) is 0 Å². The summed E-state index contributed by atoms with van der Waals surface area (Å²) < 4.78 is 1.97. The first-order valence-electron chi connectivity index (χ1n) is 6.90. The Kier molecular flexibility index (Phi) is 3.55. The van der Waals surface area contributed by atoms with Crippen molar-refractivity contribution in [3.05, 3.63) is 42.2 Å². The topological polar surface area (TPSA) is 46.8 Å². The van der Waals surface area contributed by atoms with E-state index in [-0.39, 0.29) is 0 Å². The van der Waals surface area contributed by atoms with Crippen molar-refractivity contribution < 1.29 is 0 Å². The summed E-state index contributed by atoms with van der Waals surface area (Å²) in [7, 11) is 0. The molecule has 5 heteroatoms. The fourth-order valence-electron chi connectivity index (χ4n) is 2.78. The second-order valence-corrected chi connectivity index (χ2v) is 4.88. The first kappa shape index (κ1) is 12.3. The van der Waals surface area contributed by atoms with Gasteiger partial charge in [0.15, 0.2) is 0 Å². The highest BCUT2D eigenvalue weighted by atomic mass is 15.3. The van der Waals surface area contributed by atoms with Crippen molar-refractivity contribution in [2.45, 2.75) is 38.9 Å². The van der Waals surface area contributed by atoms with Crippen LogP contribution in [-0.2, 0) is 13.1 Å². The third-order valence-electron chi connectivity index (χ3n) is 3.73. The van der Waals surface area contributed by atoms with Crippen molar-refractivity contribution in [1.29, 1.82) is 0 Å². The molecule has 3 heterocycles. The molecule has 0 saturated carbocycles. The summed E-state index contributed by atoms with van der Waals surface area (Å²) in [5.74, 6) is 1.05. The van der Waals surface area contributed by atoms with E-state index in [0.29, 0.717) is 6.04 Å². The van der Waals surface area contributed by atoms with E-state index in [9.17, 15) is 0 Å². The molecule has 1 aliphatic rings. The van der Waals surface area contributed by atoms with Crippen LogP contribution < -0.4 is 0 Å². The summed E-state index contributed by atoms with van der Waals surface area (Å²) in [5, 5.41) is 4.24. The van der Waals surface area contributed by atoms with Crippen LogP contribution in [-0.4, -0.2) is 31.2 Å². The highest BCUT2D eigenvalue weighted by Gasteiger charge is 2.27. The fourth-order valence-corrected chi connectivity index (χ4v) is 2.78. The molecular weight excluding hydrogens is 238 g/mol. The number of aryl methyl sites for hydroxylation is 1. The quantitative estimate of drug-likeness (QED) is 0.841. The number of aromatic nitrogens is 4. The molecule has 0 aliphatic carbocycles. The van der Waals surface area contributed by atoms with Crippen molar-refractivity contribution in [3.63, 3.8) is 0 Å². The Labute approximate surface area is 113 Å². The van der Waals surface area contributed by atoms with Crippen molar-refractivity contribution in [3.8, 4) is 0 Å². The van der Waals surface area contributed by atoms with E-state index in [2.05, 4.69) is 39.0 Å². The molecule has 2 aromatic heterocycles. The van der Waals surface area contributed by atoms with Crippen LogP contribution in [0.4, 0.5) is 0 Å². The summed E-state index contributed by atoms with van der Waals surface area (Å²) in [6, 6.07) is 6.57. The molecule has 1 atom stereocenters. The molecule has 1 aliphatic heterocycles. The SMILES string of the molecule is CCn1ncnc1CN1CCCC1c1ccccn1. The van der Waals surface area contributed by atoms with Gasteiger partial charge >= 0.3 is 0 Å². The first-order chi connectivity index (χ1) is 9.38. The van der Waals surface area contributed by atoms with Gasteiger partial charge in [0.2, 0.25) is 0 Å². The van der Waals surface area contributed by atoms with Gasteiger partial charge < -0.3 is 0 Å². The number of likely N-dealkylation sites (tertiary alicyclic amines) is 1. The number of hydrogen-bond donors (Lipinski definition) is 0. The van der Waals surface area contributed by atoms with Gasteiger partial charge in [-0.2, -0.15) is 5.10 Å². The van der Waals surface area contributed by atoms with E-state index in [0.717, 1.165) is 25.5 Å². The Balaban J connectivity index is 1.77. The lowest BCUT2D eigenvalue weighted by Gasteiger charge is -2.23. The third kappa shape index (κ3) is 2.51. The van der Waals surface area contributed by atoms with E-state index in [1.165, 1.54) is 18.5 Å². The van der Waals surface area contributed by atoms with Gasteiger partial charge in [0.25, 0.3) is 0 Å². The van der Waals surface area contributed by atoms with Crippen LogP contribution in [0.15, 0.2) is 30.7 Å². The Morgan fingerprint density at radius 3 is 3.05 bits per heavy atom. The molecule has 2 aromatic rings. The molecule has 0 radical (unpaired) electrons. The highest BCUT2D eigenvalue weighted by molar-refractivity contribution is 5.10. The average Bonchev–Trinajstić information content (AvgIpc) is 3.09. The van der Waals surface area contributed by atoms with Crippen LogP contribution in [0.3, 0.4) is 0 Å². The Hall–Kier alpha value is -1.75. The lowest BCUT2D eigenvalue weighted by molar-refractivity contribution is 0.234. The Bertz CT molecular complexity index is 522. The first-order valence-corrected chi connectivity index (χ1v) is 6.90. The minimum atomic E-state index is 0.420. The van der Waals surface area contributed by atoms with Crippen LogP contribution in [0.1, 0.15) is 37.3 Å². The molecule has 0 N–H and O–H groups in total. The number of nitrogens with zero attached hydrogens (tertiary/aromatic N) is 5. The number of pyridine rings is 1. The van der Waals surface area contributed by atoms with Gasteiger partial charge in [0, 0.05) is 12.7 Å². The molecule has 0 bridgehead atoms. The van der Waals surface area contributed by atoms with Crippen LogP contribution in [0.2, 0.25) is 0 Å². The zero-order valence-electron chi connectivity index (χ0n) is 11.2. The Morgan fingerprint density at radius 1 is 1.32 bits per heavy atom. The monoisotopic (exact) mass is 257 g/mol. The largest absolute Gasteiger partial charge is 0.287 e. The maximum atomic E-state index is 4.50. The van der Waals surface area contributed by atoms with Gasteiger partial charge in [-0.3, -0.25) is 9.88 Å². The summed E-state index contributed by atoms with van der Waals surface area (Å²) in [4.78, 5) is 11.3. The molecule has 19 heavy (non-hydrogen) atoms. The van der Waals surface area contributed by atoms with Crippen LogP contribution >= 0.6 is 0 Å². The van der Waals surface area contributed by atoms with Crippen LogP contribution in [0.5, 0.6) is 0 Å². The van der Waals surface area contributed by atoms with Crippen molar-refractivity contribution in [2.24, 2.45) is 0 Å². The average molecular weight is 257 g/mol. The van der Waals surface area contributed by atoms with E-state index in [1.54, 1.807) is 6.33 Å². The van der Waals surface area contributed by atoms with E-state index >= 15 is 0 Å². The molecule has 5 nitrogen and oxygen atoms in total. The standard InChI is InChI=1S/C14H19N5/c1-2-19-14(16-11-17-19)10-18-9-5-7-13(18)12-6-3-4-8-15-12/h3-4,6,8,11,13H,2,5,7,9-10H2,1H3. The minimum Gasteiger partial charge on any atom is -0.287 e. The molecule has 3 rings (SSSR count). The lowest BCUT2D eigenvalue weighted by Crippen LogP contribution is -2.25. The molecule has 1 unspecified atom stereocenters. The summed E-state index contributed by atoms with van der Waals surface area (Å²) >= 11 is 0. The normalized spacial score (nSPS) is 19.9. The molecule has 1 fully saturated rings. The summed E-state index contributed by atoms with van der Waals surface area (Å²) in [5.41, 5.74) is 1.17. The summed E-state index contributed by atoms with van der Waals surface area (Å²) in [6.45, 7) is 4.93. The van der Waals surface area contributed by atoms with Gasteiger partial charge in [-0.05, 0) is 38.4 Å². The van der Waals surface area contributed by atoms with Gasteiger partial charge in [-0.25, -0.2) is 9.67 Å². The molecule has 0 spiro atoms. The number of rotatable bonds is 4. The lowest BCUT2D eigenvalue weighted by atomic mass is 10.1. The smallest absolute Gasteiger partial charge is 0.141 e. The summed E-state index contributed by atoms with van der Waals surface area (Å²) in [6.07, 6.45) is 5.92. The van der Waals surface area contributed by atoms with Gasteiger partial charge in [0.1, 0.15) is 12.2 Å². The highest BCUT2D eigenvalue weighted by Crippen LogP contribution is 2.31. The zero-order valence-corrected chi connectivity index (χ0v) is 11.2. The van der Waals surface area contributed by atoms with E-state index in [4.69, 9.17) is 0 Å². The predicted molar refractivity (Wildman–Crippen MR) is 72.3 cm³/mol. The van der Waals surface area contributed by atoms with E-state index < -0.39 is 0 Å². The van der Waals surface area contributed by atoms with Crippen LogP contribution in [0.25, 0.3) is 0 Å². The zero-order chi connectivity index (χ0) is 13.1. The fraction of sp³-hybridized carbons (Fsp3) is 0.500. The molecule has 0 amide bonds. The van der Waals surface area contributed by atoms with Crippen LogP contribution in [0, 0.1) is 0 Å². The minimum absolute atomic E-state index is 0.420. The second kappa shape index (κ2) is 5.48. The second-order valence-electron chi connectivity index (χ2n) is 4.88. The van der Waals surface area contributed by atoms with Gasteiger partial charge in [0.05, 0.1) is 18.3 Å². The van der Waals surface area contributed by atoms with Crippen molar-refractivity contribution in [2.75, 3.05) is 6.54 Å². The maximum Gasteiger partial charge on any atom is 0.141 e. The van der Waals surface area contributed by atoms with Crippen molar-refractivity contribution >= 4 is 0 Å². The maximum absolute atomic E-state index is 4.50. The number of hydrogen-bond acceptors (Lipinski definition) is 4. The van der Waals surface area contributed by atoms with Crippen molar-refractivity contribution in [1.82, 2.24) is 24.6 Å². The molecule has 100 valence electrons.